The van der Waals surface area contributed by atoms with Crippen LogP contribution in [0.4, 0.5) is 4.79 Å². The summed E-state index contributed by atoms with van der Waals surface area (Å²) >= 11 is 0. The van der Waals surface area contributed by atoms with Crippen LogP contribution in [0.5, 0.6) is 0 Å². The maximum Gasteiger partial charge on any atom is 0.318 e. The second kappa shape index (κ2) is 19.1. The molecule has 0 radical (unpaired) electrons. The van der Waals surface area contributed by atoms with Crippen LogP contribution in [0, 0.1) is 5.92 Å². The SMILES string of the molecule is O=C(N[C@@H](CC1CCCCC1)[C@@H](O)CCCc1ccccn1)[C@H](Cc1c[nH]cn1)NC(=O)[C@H](Cc1ccccc1)NC(=O)N1CCCCC1. The van der Waals surface area contributed by atoms with Crippen molar-refractivity contribution in [2.24, 2.45) is 5.92 Å². The minimum atomic E-state index is -0.962. The largest absolute Gasteiger partial charge is 0.391 e. The molecule has 11 heteroatoms. The number of aromatic amines is 1. The van der Waals surface area contributed by atoms with Gasteiger partial charge in [-0.25, -0.2) is 9.78 Å². The minimum absolute atomic E-state index is 0.158. The van der Waals surface area contributed by atoms with Crippen molar-refractivity contribution in [2.75, 3.05) is 13.1 Å². The Bertz CT molecular complexity index is 1410. The van der Waals surface area contributed by atoms with Crippen LogP contribution in [0.25, 0.3) is 0 Å². The van der Waals surface area contributed by atoms with Crippen LogP contribution < -0.4 is 16.0 Å². The lowest BCUT2D eigenvalue weighted by Gasteiger charge is -2.32. The van der Waals surface area contributed by atoms with E-state index in [-0.39, 0.29) is 24.8 Å². The van der Waals surface area contributed by atoms with Crippen molar-refractivity contribution >= 4 is 17.8 Å². The van der Waals surface area contributed by atoms with Crippen LogP contribution in [0.3, 0.4) is 0 Å². The van der Waals surface area contributed by atoms with Crippen molar-refractivity contribution in [3.05, 3.63) is 84.2 Å². The van der Waals surface area contributed by atoms with E-state index in [1.165, 1.54) is 6.42 Å². The van der Waals surface area contributed by atoms with E-state index in [2.05, 4.69) is 30.9 Å². The van der Waals surface area contributed by atoms with Crippen molar-refractivity contribution < 1.29 is 19.5 Å². The van der Waals surface area contributed by atoms with Gasteiger partial charge in [0.15, 0.2) is 0 Å². The molecule has 11 nitrogen and oxygen atoms in total. The Balaban J connectivity index is 1.30. The number of carbonyl (C=O) groups is 3. The summed E-state index contributed by atoms with van der Waals surface area (Å²) in [5.41, 5.74) is 2.50. The molecule has 3 aromatic rings. The third-order valence-corrected chi connectivity index (χ3v) is 9.90. The van der Waals surface area contributed by atoms with Gasteiger partial charge < -0.3 is 30.9 Å². The molecular weight excluding hydrogens is 618 g/mol. The highest BCUT2D eigenvalue weighted by Crippen LogP contribution is 2.29. The number of H-pyrrole nitrogens is 1. The Morgan fingerprint density at radius 3 is 2.24 bits per heavy atom. The average Bonchev–Trinajstić information content (AvgIpc) is 3.65. The Morgan fingerprint density at radius 2 is 1.53 bits per heavy atom. The molecule has 49 heavy (non-hydrogen) atoms. The van der Waals surface area contributed by atoms with Crippen molar-refractivity contribution in [1.29, 1.82) is 0 Å². The number of rotatable bonds is 16. The van der Waals surface area contributed by atoms with Gasteiger partial charge in [-0.05, 0) is 68.6 Å². The van der Waals surface area contributed by atoms with Crippen LogP contribution in [0.1, 0.15) is 87.6 Å². The summed E-state index contributed by atoms with van der Waals surface area (Å²) in [6.07, 6.45) is 16.1. The first kappa shape index (κ1) is 36.0. The predicted molar refractivity (Wildman–Crippen MR) is 188 cm³/mol. The van der Waals surface area contributed by atoms with E-state index >= 15 is 0 Å². The van der Waals surface area contributed by atoms with Gasteiger partial charge in [-0.15, -0.1) is 0 Å². The second-order valence-corrected chi connectivity index (χ2v) is 13.7. The summed E-state index contributed by atoms with van der Waals surface area (Å²) in [5.74, 6) is -0.393. The predicted octanol–water partition coefficient (Wildman–Crippen LogP) is 4.48. The van der Waals surface area contributed by atoms with E-state index < -0.39 is 30.1 Å². The Morgan fingerprint density at radius 1 is 0.816 bits per heavy atom. The van der Waals surface area contributed by atoms with Crippen LogP contribution >= 0.6 is 0 Å². The van der Waals surface area contributed by atoms with Crippen molar-refractivity contribution in [2.45, 2.75) is 114 Å². The number of likely N-dealkylation sites (tertiary alicyclic amines) is 1. The first-order valence-corrected chi connectivity index (χ1v) is 18.2. The highest BCUT2D eigenvalue weighted by atomic mass is 16.3. The molecule has 0 spiro atoms. The normalized spacial score (nSPS) is 17.8. The molecule has 2 aliphatic rings. The van der Waals surface area contributed by atoms with Crippen LogP contribution in [-0.4, -0.2) is 80.1 Å². The minimum Gasteiger partial charge on any atom is -0.391 e. The number of hydrogen-bond acceptors (Lipinski definition) is 6. The lowest BCUT2D eigenvalue weighted by Crippen LogP contribution is -2.58. The van der Waals surface area contributed by atoms with Crippen LogP contribution in [0.2, 0.25) is 0 Å². The van der Waals surface area contributed by atoms with Crippen molar-refractivity contribution in [1.82, 2.24) is 35.8 Å². The topological polar surface area (TPSA) is 152 Å². The number of nitrogens with one attached hydrogen (secondary N) is 4. The Hall–Kier alpha value is -4.25. The van der Waals surface area contributed by atoms with Gasteiger partial charge >= 0.3 is 6.03 Å². The molecule has 2 aromatic heterocycles. The Labute approximate surface area is 290 Å². The van der Waals surface area contributed by atoms with Gasteiger partial charge in [-0.1, -0.05) is 68.5 Å². The number of aliphatic hydroxyl groups excluding tert-OH is 1. The molecule has 0 unspecified atom stereocenters. The fourth-order valence-corrected chi connectivity index (χ4v) is 7.11. The number of aliphatic hydroxyl groups is 1. The number of nitrogens with zero attached hydrogens (tertiary/aromatic N) is 3. The smallest absolute Gasteiger partial charge is 0.318 e. The molecule has 0 bridgehead atoms. The van der Waals surface area contributed by atoms with Crippen molar-refractivity contribution in [3.63, 3.8) is 0 Å². The molecule has 264 valence electrons. The van der Waals surface area contributed by atoms with E-state index in [9.17, 15) is 19.5 Å². The maximum absolute atomic E-state index is 14.1. The van der Waals surface area contributed by atoms with Gasteiger partial charge in [0, 0.05) is 44.0 Å². The zero-order valence-corrected chi connectivity index (χ0v) is 28.6. The van der Waals surface area contributed by atoms with Gasteiger partial charge in [0.05, 0.1) is 24.2 Å². The number of benzene rings is 1. The monoisotopic (exact) mass is 671 g/mol. The van der Waals surface area contributed by atoms with Crippen molar-refractivity contribution in [3.8, 4) is 0 Å². The number of amides is 4. The number of aryl methyl sites for hydroxylation is 1. The molecule has 1 aliphatic carbocycles. The lowest BCUT2D eigenvalue weighted by atomic mass is 9.83. The summed E-state index contributed by atoms with van der Waals surface area (Å²) in [5, 5.41) is 20.6. The van der Waals surface area contributed by atoms with Gasteiger partial charge in [0.1, 0.15) is 12.1 Å². The highest BCUT2D eigenvalue weighted by Gasteiger charge is 2.32. The average molecular weight is 672 g/mol. The van der Waals surface area contributed by atoms with E-state index in [1.54, 1.807) is 23.6 Å². The number of imidazole rings is 1. The number of aromatic nitrogens is 3. The fourth-order valence-electron chi connectivity index (χ4n) is 7.11. The molecule has 1 aromatic carbocycles. The summed E-state index contributed by atoms with van der Waals surface area (Å²) < 4.78 is 0. The van der Waals surface area contributed by atoms with Gasteiger partial charge in [-0.2, -0.15) is 0 Å². The van der Waals surface area contributed by atoms with E-state index in [4.69, 9.17) is 0 Å². The molecule has 5 rings (SSSR count). The van der Waals surface area contributed by atoms with E-state index in [1.807, 2.05) is 48.5 Å². The fraction of sp³-hybridized carbons (Fsp3) is 0.553. The van der Waals surface area contributed by atoms with Crippen LogP contribution in [-0.2, 0) is 28.9 Å². The van der Waals surface area contributed by atoms with Gasteiger partial charge in [0.25, 0.3) is 0 Å². The lowest BCUT2D eigenvalue weighted by molar-refractivity contribution is -0.131. The third kappa shape index (κ3) is 11.7. The van der Waals surface area contributed by atoms with E-state index in [0.717, 1.165) is 69.0 Å². The number of hydrogen-bond donors (Lipinski definition) is 5. The maximum atomic E-state index is 14.1. The molecule has 1 saturated carbocycles. The highest BCUT2D eigenvalue weighted by molar-refractivity contribution is 5.92. The first-order valence-electron chi connectivity index (χ1n) is 18.2. The molecule has 5 N–H and O–H groups in total. The zero-order chi connectivity index (χ0) is 34.3. The molecule has 2 fully saturated rings. The number of urea groups is 1. The van der Waals surface area contributed by atoms with Gasteiger partial charge in [-0.3, -0.25) is 14.6 Å². The molecule has 4 amide bonds. The summed E-state index contributed by atoms with van der Waals surface area (Å²) in [7, 11) is 0. The first-order chi connectivity index (χ1) is 23.9. The summed E-state index contributed by atoms with van der Waals surface area (Å²) in [6.45, 7) is 1.31. The zero-order valence-electron chi connectivity index (χ0n) is 28.6. The Kier molecular flexibility index (Phi) is 14.0. The van der Waals surface area contributed by atoms with E-state index in [0.29, 0.717) is 37.5 Å². The quantitative estimate of drug-likeness (QED) is 0.152. The number of carbonyl (C=O) groups excluding carboxylic acids is 3. The molecule has 3 heterocycles. The summed E-state index contributed by atoms with van der Waals surface area (Å²) in [6, 6.07) is 12.8. The summed E-state index contributed by atoms with van der Waals surface area (Å²) in [4.78, 5) is 54.8. The van der Waals surface area contributed by atoms with Gasteiger partial charge in [0.2, 0.25) is 11.8 Å². The molecule has 1 saturated heterocycles. The van der Waals surface area contributed by atoms with Crippen LogP contribution in [0.15, 0.2) is 67.3 Å². The third-order valence-electron chi connectivity index (χ3n) is 9.90. The number of pyridine rings is 1. The molecule has 1 aliphatic heterocycles. The number of piperidine rings is 1. The standard InChI is InChI=1S/C38H53N7O4/c46-35(19-12-18-30-17-8-9-20-40-30)32(23-28-13-4-1-5-14-28)42-37(48)34(25-31-26-39-27-41-31)43-36(47)33(24-29-15-6-2-7-16-29)44-38(49)45-21-10-3-11-22-45/h2,6-9,15-17,20,26-28,32-35,46H,1,3-5,10-14,18-19,21-25H2,(H,39,41)(H,42,48)(H,43,47)(H,44,49)/t32-,33-,34-,35-/m0/s1. The molecule has 4 atom stereocenters. The molecular formula is C38H53N7O4. The second-order valence-electron chi connectivity index (χ2n) is 13.7.